The van der Waals surface area contributed by atoms with Crippen molar-refractivity contribution in [2.45, 2.75) is 13.8 Å². The van der Waals surface area contributed by atoms with Gasteiger partial charge in [-0.05, 0) is 52.6 Å². The molecule has 2 aromatic rings. The summed E-state index contributed by atoms with van der Waals surface area (Å²) >= 11 is 0. The topological polar surface area (TPSA) is 34.1 Å². The Morgan fingerprint density at radius 2 is 1.00 bits per heavy atom. The van der Waals surface area contributed by atoms with Crippen molar-refractivity contribution in [1.82, 2.24) is 0 Å². The first-order valence-electron chi connectivity index (χ1n) is 7.26. The summed E-state index contributed by atoms with van der Waals surface area (Å²) in [7, 11) is -1.67. The summed E-state index contributed by atoms with van der Waals surface area (Å²) < 4.78 is 0. The molecule has 2 atom stereocenters. The van der Waals surface area contributed by atoms with E-state index in [0.29, 0.717) is 0 Å². The van der Waals surface area contributed by atoms with Crippen molar-refractivity contribution in [2.75, 3.05) is 12.3 Å². The summed E-state index contributed by atoms with van der Waals surface area (Å²) in [6.45, 7) is 3.33. The highest BCUT2D eigenvalue weighted by atomic mass is 31.1. The van der Waals surface area contributed by atoms with Crippen LogP contribution < -0.4 is 10.6 Å². The molecule has 2 aromatic carbocycles. The standard InChI is InChI=1S/C18H20O2P2/c1-15(19)21(17-9-5-3-6-10-17)13-14-22(16(2)20)18-11-7-4-8-12-18/h3-12H,13-14H2,1-2H3. The van der Waals surface area contributed by atoms with Crippen molar-refractivity contribution in [3.63, 3.8) is 0 Å². The van der Waals surface area contributed by atoms with Crippen LogP contribution in [0.1, 0.15) is 13.8 Å². The molecule has 0 spiro atoms. The SMILES string of the molecule is CC(=O)P(CCP(C(C)=O)c1ccccc1)c1ccccc1. The summed E-state index contributed by atoms with van der Waals surface area (Å²) in [4.78, 5) is 24.0. The van der Waals surface area contributed by atoms with Crippen LogP contribution in [-0.2, 0) is 9.59 Å². The summed E-state index contributed by atoms with van der Waals surface area (Å²) in [6.07, 6.45) is 1.57. The number of hydrogen-bond acceptors (Lipinski definition) is 2. The molecule has 0 N–H and O–H groups in total. The Morgan fingerprint density at radius 3 is 1.27 bits per heavy atom. The van der Waals surface area contributed by atoms with E-state index in [0.717, 1.165) is 22.9 Å². The molecule has 114 valence electrons. The van der Waals surface area contributed by atoms with Gasteiger partial charge in [-0.15, -0.1) is 0 Å². The molecule has 2 rings (SSSR count). The molecule has 0 aliphatic carbocycles. The second-order valence-corrected chi connectivity index (χ2v) is 9.91. The average molecular weight is 330 g/mol. The van der Waals surface area contributed by atoms with E-state index in [4.69, 9.17) is 0 Å². The predicted molar refractivity (Wildman–Crippen MR) is 97.1 cm³/mol. The fourth-order valence-electron chi connectivity index (χ4n) is 2.35. The highest BCUT2D eigenvalue weighted by Crippen LogP contribution is 2.42. The third kappa shape index (κ3) is 4.57. The van der Waals surface area contributed by atoms with E-state index < -0.39 is 15.8 Å². The zero-order valence-electron chi connectivity index (χ0n) is 12.9. The molecule has 0 heterocycles. The minimum absolute atomic E-state index is 0.229. The summed E-state index contributed by atoms with van der Waals surface area (Å²) in [5, 5.41) is 2.22. The Bertz CT molecular complexity index is 569. The molecule has 0 aromatic heterocycles. The Morgan fingerprint density at radius 1 is 0.682 bits per heavy atom. The fourth-order valence-corrected chi connectivity index (χ4v) is 6.89. The molecule has 4 heteroatoms. The van der Waals surface area contributed by atoms with Gasteiger partial charge in [0.15, 0.2) is 11.0 Å². The minimum Gasteiger partial charge on any atom is -0.295 e. The predicted octanol–water partition coefficient (Wildman–Crippen LogP) is 3.69. The van der Waals surface area contributed by atoms with Gasteiger partial charge in [0.25, 0.3) is 0 Å². The van der Waals surface area contributed by atoms with Crippen molar-refractivity contribution in [3.05, 3.63) is 60.7 Å². The van der Waals surface area contributed by atoms with E-state index in [9.17, 15) is 9.59 Å². The lowest BCUT2D eigenvalue weighted by Crippen LogP contribution is -2.15. The third-order valence-electron chi connectivity index (χ3n) is 3.44. The van der Waals surface area contributed by atoms with Crippen LogP contribution in [0.5, 0.6) is 0 Å². The van der Waals surface area contributed by atoms with E-state index in [1.54, 1.807) is 13.8 Å². The van der Waals surface area contributed by atoms with Crippen LogP contribution in [0.25, 0.3) is 0 Å². The molecule has 0 saturated carbocycles. The first-order valence-corrected chi connectivity index (χ1v) is 10.3. The lowest BCUT2D eigenvalue weighted by molar-refractivity contribution is -0.110. The number of carbonyl (C=O) groups excluding carboxylic acids is 2. The van der Waals surface area contributed by atoms with Gasteiger partial charge >= 0.3 is 0 Å². The number of benzene rings is 2. The molecule has 0 bridgehead atoms. The first-order chi connectivity index (χ1) is 10.6. The van der Waals surface area contributed by atoms with Crippen LogP contribution in [0.2, 0.25) is 0 Å². The van der Waals surface area contributed by atoms with Crippen molar-refractivity contribution >= 4 is 37.5 Å². The van der Waals surface area contributed by atoms with E-state index in [2.05, 4.69) is 0 Å². The van der Waals surface area contributed by atoms with Gasteiger partial charge in [0, 0.05) is 0 Å². The molecule has 0 radical (unpaired) electrons. The second kappa shape index (κ2) is 8.32. The molecule has 0 amide bonds. The molecule has 22 heavy (non-hydrogen) atoms. The molecule has 0 aliphatic heterocycles. The van der Waals surface area contributed by atoms with Crippen molar-refractivity contribution < 1.29 is 9.59 Å². The molecule has 0 aliphatic rings. The zero-order chi connectivity index (χ0) is 15.9. The minimum atomic E-state index is -0.837. The van der Waals surface area contributed by atoms with Gasteiger partial charge in [0.1, 0.15) is 0 Å². The van der Waals surface area contributed by atoms with Crippen LogP contribution in [-0.4, -0.2) is 23.4 Å². The third-order valence-corrected chi connectivity index (χ3v) is 8.50. The number of hydrogen-bond donors (Lipinski definition) is 0. The van der Waals surface area contributed by atoms with Gasteiger partial charge in [-0.2, -0.15) is 0 Å². The van der Waals surface area contributed by atoms with Gasteiger partial charge in [-0.25, -0.2) is 0 Å². The second-order valence-electron chi connectivity index (χ2n) is 5.01. The maximum Gasteiger partial charge on any atom is 0.155 e. The summed E-state index contributed by atoms with van der Waals surface area (Å²) in [5.74, 6) is 0. The van der Waals surface area contributed by atoms with Gasteiger partial charge in [-0.1, -0.05) is 60.7 Å². The summed E-state index contributed by atoms with van der Waals surface area (Å²) in [6, 6.07) is 19.9. The first kappa shape index (κ1) is 17.0. The largest absolute Gasteiger partial charge is 0.295 e. The quantitative estimate of drug-likeness (QED) is 0.726. The van der Waals surface area contributed by atoms with Crippen molar-refractivity contribution in [2.24, 2.45) is 0 Å². The zero-order valence-corrected chi connectivity index (χ0v) is 14.7. The Labute approximate surface area is 134 Å². The Balaban J connectivity index is 2.14. The van der Waals surface area contributed by atoms with Crippen LogP contribution in [0.3, 0.4) is 0 Å². The van der Waals surface area contributed by atoms with Gasteiger partial charge in [0.2, 0.25) is 0 Å². The normalized spacial score (nSPS) is 13.4. The molecule has 2 nitrogen and oxygen atoms in total. The molecule has 2 unspecified atom stereocenters. The maximum absolute atomic E-state index is 12.0. The van der Waals surface area contributed by atoms with Gasteiger partial charge < -0.3 is 0 Å². The lowest BCUT2D eigenvalue weighted by Gasteiger charge is -2.19. The Hall–Kier alpha value is -1.36. The van der Waals surface area contributed by atoms with Crippen LogP contribution in [0, 0.1) is 0 Å². The number of rotatable bonds is 7. The number of carbonyl (C=O) groups is 2. The Kier molecular flexibility index (Phi) is 6.43. The lowest BCUT2D eigenvalue weighted by atomic mass is 10.4. The highest BCUT2D eigenvalue weighted by Gasteiger charge is 2.21. The smallest absolute Gasteiger partial charge is 0.155 e. The van der Waals surface area contributed by atoms with Crippen LogP contribution in [0.4, 0.5) is 0 Å². The molecular formula is C18H20O2P2. The fraction of sp³-hybridized carbons (Fsp3) is 0.222. The van der Waals surface area contributed by atoms with E-state index in [1.807, 2.05) is 60.7 Å². The van der Waals surface area contributed by atoms with Gasteiger partial charge in [0.05, 0.1) is 0 Å². The van der Waals surface area contributed by atoms with E-state index in [-0.39, 0.29) is 11.0 Å². The van der Waals surface area contributed by atoms with Gasteiger partial charge in [-0.3, -0.25) is 9.59 Å². The van der Waals surface area contributed by atoms with E-state index >= 15 is 0 Å². The summed E-state index contributed by atoms with van der Waals surface area (Å²) in [5.41, 5.74) is 0.459. The maximum atomic E-state index is 12.0. The monoisotopic (exact) mass is 330 g/mol. The highest BCUT2D eigenvalue weighted by molar-refractivity contribution is 7.84. The van der Waals surface area contributed by atoms with Crippen molar-refractivity contribution in [3.8, 4) is 0 Å². The van der Waals surface area contributed by atoms with Crippen LogP contribution in [0.15, 0.2) is 60.7 Å². The van der Waals surface area contributed by atoms with E-state index in [1.165, 1.54) is 0 Å². The molecule has 0 fully saturated rings. The van der Waals surface area contributed by atoms with Crippen molar-refractivity contribution in [1.29, 1.82) is 0 Å². The average Bonchev–Trinajstić information content (AvgIpc) is 2.52. The molecular weight excluding hydrogens is 310 g/mol. The van der Waals surface area contributed by atoms with Crippen LogP contribution >= 0.6 is 15.8 Å². The molecule has 0 saturated heterocycles.